The number of halogens is 1. The van der Waals surface area contributed by atoms with Crippen molar-refractivity contribution < 1.29 is 4.74 Å². The minimum atomic E-state index is -0.459. The fourth-order valence-corrected chi connectivity index (χ4v) is 4.84. The number of fused-ring (bicyclic) bond motifs is 1. The number of hydrogen-bond acceptors (Lipinski definition) is 9. The van der Waals surface area contributed by atoms with E-state index in [2.05, 4.69) is 20.3 Å². The molecule has 3 N–H and O–H groups in total. The van der Waals surface area contributed by atoms with E-state index in [9.17, 15) is 4.79 Å². The molecule has 0 spiro atoms. The molecule has 0 amide bonds. The molecule has 0 saturated carbocycles. The molecule has 1 unspecified atom stereocenters. The third kappa shape index (κ3) is 4.48. The van der Waals surface area contributed by atoms with Crippen LogP contribution in [0.1, 0.15) is 25.7 Å². The molecular weight excluding hydrogens is 498 g/mol. The van der Waals surface area contributed by atoms with E-state index in [1.54, 1.807) is 29.0 Å². The highest BCUT2D eigenvalue weighted by Gasteiger charge is 2.22. The van der Waals surface area contributed by atoms with Crippen LogP contribution < -0.4 is 21.3 Å². The molecule has 1 atom stereocenters. The first-order valence-corrected chi connectivity index (χ1v) is 12.5. The Morgan fingerprint density at radius 3 is 2.72 bits per heavy atom. The van der Waals surface area contributed by atoms with Gasteiger partial charge in [-0.05, 0) is 38.1 Å². The van der Waals surface area contributed by atoms with Crippen molar-refractivity contribution in [3.8, 4) is 22.1 Å². The van der Waals surface area contributed by atoms with Gasteiger partial charge in [0, 0.05) is 11.6 Å². The van der Waals surface area contributed by atoms with Gasteiger partial charge in [-0.2, -0.15) is 4.98 Å². The first-order valence-electron chi connectivity index (χ1n) is 11.2. The van der Waals surface area contributed by atoms with Gasteiger partial charge in [-0.3, -0.25) is 9.36 Å². The molecular formula is C25H22ClN7O2S. The number of nitrogens with one attached hydrogen (secondary N) is 1. The Kier molecular flexibility index (Phi) is 6.53. The molecule has 0 bridgehead atoms. The van der Waals surface area contributed by atoms with E-state index in [4.69, 9.17) is 27.1 Å². The van der Waals surface area contributed by atoms with E-state index in [0.717, 1.165) is 0 Å². The highest BCUT2D eigenvalue weighted by Crippen LogP contribution is 2.32. The van der Waals surface area contributed by atoms with E-state index < -0.39 is 6.04 Å². The van der Waals surface area contributed by atoms with Crippen LogP contribution in [-0.4, -0.2) is 31.1 Å². The average molecular weight is 520 g/mol. The first kappa shape index (κ1) is 23.7. The molecule has 0 aliphatic carbocycles. The van der Waals surface area contributed by atoms with E-state index in [1.165, 1.54) is 11.3 Å². The highest BCUT2D eigenvalue weighted by molar-refractivity contribution is 7.11. The zero-order chi connectivity index (χ0) is 25.2. The lowest BCUT2D eigenvalue weighted by atomic mass is 10.2. The van der Waals surface area contributed by atoms with Gasteiger partial charge in [-0.25, -0.2) is 15.0 Å². The molecule has 0 aliphatic heterocycles. The van der Waals surface area contributed by atoms with Gasteiger partial charge in [0.15, 0.2) is 0 Å². The Morgan fingerprint density at radius 2 is 1.94 bits per heavy atom. The van der Waals surface area contributed by atoms with Gasteiger partial charge >= 0.3 is 0 Å². The Morgan fingerprint density at radius 1 is 1.14 bits per heavy atom. The number of rotatable bonds is 7. The van der Waals surface area contributed by atoms with Gasteiger partial charge in [0.05, 0.1) is 45.5 Å². The number of para-hydroxylation sites is 1. The third-order valence-electron chi connectivity index (χ3n) is 5.46. The fourth-order valence-electron chi connectivity index (χ4n) is 3.86. The molecule has 182 valence electrons. The number of nitrogens with two attached hydrogens (primary N) is 1. The second-order valence-corrected chi connectivity index (χ2v) is 9.10. The van der Waals surface area contributed by atoms with Gasteiger partial charge in [-0.15, -0.1) is 0 Å². The van der Waals surface area contributed by atoms with Crippen LogP contribution in [-0.2, 0) is 0 Å². The molecule has 2 aromatic carbocycles. The summed E-state index contributed by atoms with van der Waals surface area (Å²) in [5.74, 6) is 1.05. The number of anilines is 2. The van der Waals surface area contributed by atoms with Crippen molar-refractivity contribution in [2.75, 3.05) is 17.7 Å². The molecule has 3 heterocycles. The molecule has 0 saturated heterocycles. The maximum Gasteiger partial charge on any atom is 0.273 e. The quantitative estimate of drug-likeness (QED) is 0.304. The molecule has 5 rings (SSSR count). The number of nitrogens with zero attached hydrogens (tertiary/aromatic N) is 5. The Balaban J connectivity index is 1.63. The maximum atomic E-state index is 13.7. The van der Waals surface area contributed by atoms with Gasteiger partial charge in [-0.1, -0.05) is 47.2 Å². The normalized spacial score (nSPS) is 12.0. The van der Waals surface area contributed by atoms with Crippen molar-refractivity contribution in [1.82, 2.24) is 24.5 Å². The standard InChI is InChI=1S/C25H22ClN7O2S/c1-3-35-25-31-19(13-36-25)16-12-28-24(27)32-21(16)29-14(2)22-30-18-11-7-10-17(26)20(18)23(34)33(22)15-8-5-4-6-9-15/h4-14H,3H2,1-2H3,(H3,27,28,29,32). The number of thiazole rings is 1. The van der Waals surface area contributed by atoms with E-state index in [0.29, 0.717) is 56.3 Å². The van der Waals surface area contributed by atoms with Crippen LogP contribution in [0, 0.1) is 0 Å². The van der Waals surface area contributed by atoms with Crippen molar-refractivity contribution in [2.24, 2.45) is 0 Å². The third-order valence-corrected chi connectivity index (χ3v) is 6.53. The zero-order valence-electron chi connectivity index (χ0n) is 19.5. The summed E-state index contributed by atoms with van der Waals surface area (Å²) >= 11 is 7.78. The number of aromatic nitrogens is 5. The van der Waals surface area contributed by atoms with Crippen molar-refractivity contribution in [1.29, 1.82) is 0 Å². The second-order valence-electron chi connectivity index (χ2n) is 7.87. The lowest BCUT2D eigenvalue weighted by Crippen LogP contribution is -2.27. The minimum absolute atomic E-state index is 0.104. The summed E-state index contributed by atoms with van der Waals surface area (Å²) in [6.07, 6.45) is 1.61. The predicted molar refractivity (Wildman–Crippen MR) is 143 cm³/mol. The van der Waals surface area contributed by atoms with Crippen LogP contribution in [0.2, 0.25) is 5.02 Å². The van der Waals surface area contributed by atoms with Gasteiger partial charge in [0.25, 0.3) is 10.8 Å². The summed E-state index contributed by atoms with van der Waals surface area (Å²) in [5, 5.41) is 6.49. The topological polar surface area (TPSA) is 121 Å². The molecule has 5 aromatic rings. The molecule has 0 radical (unpaired) electrons. The predicted octanol–water partition coefficient (Wildman–Crippen LogP) is 5.11. The van der Waals surface area contributed by atoms with Crippen molar-refractivity contribution in [2.45, 2.75) is 19.9 Å². The lowest BCUT2D eigenvalue weighted by Gasteiger charge is -2.21. The summed E-state index contributed by atoms with van der Waals surface area (Å²) in [5.41, 5.74) is 8.13. The lowest BCUT2D eigenvalue weighted by molar-refractivity contribution is 0.338. The first-order chi connectivity index (χ1) is 17.5. The van der Waals surface area contributed by atoms with E-state index >= 15 is 0 Å². The second kappa shape index (κ2) is 9.92. The summed E-state index contributed by atoms with van der Waals surface area (Å²) < 4.78 is 7.07. The number of hydrogen-bond donors (Lipinski definition) is 2. The Labute approximate surface area is 215 Å². The van der Waals surface area contributed by atoms with E-state index in [1.807, 2.05) is 49.6 Å². The molecule has 9 nitrogen and oxygen atoms in total. The summed E-state index contributed by atoms with van der Waals surface area (Å²) in [4.78, 5) is 31.6. The van der Waals surface area contributed by atoms with Crippen LogP contribution >= 0.6 is 22.9 Å². The van der Waals surface area contributed by atoms with E-state index in [-0.39, 0.29) is 11.5 Å². The number of benzene rings is 2. The average Bonchev–Trinajstić information content (AvgIpc) is 3.33. The minimum Gasteiger partial charge on any atom is -0.470 e. The van der Waals surface area contributed by atoms with Crippen LogP contribution in [0.3, 0.4) is 0 Å². The largest absolute Gasteiger partial charge is 0.470 e. The summed E-state index contributed by atoms with van der Waals surface area (Å²) in [6.45, 7) is 4.31. The van der Waals surface area contributed by atoms with Crippen LogP contribution in [0.25, 0.3) is 27.8 Å². The van der Waals surface area contributed by atoms with Crippen LogP contribution in [0.5, 0.6) is 5.19 Å². The van der Waals surface area contributed by atoms with Crippen molar-refractivity contribution in [3.63, 3.8) is 0 Å². The number of ether oxygens (including phenoxy) is 1. The molecule has 11 heteroatoms. The van der Waals surface area contributed by atoms with Crippen LogP contribution in [0.4, 0.5) is 11.8 Å². The fraction of sp³-hybridized carbons (Fsp3) is 0.160. The smallest absolute Gasteiger partial charge is 0.273 e. The SMILES string of the molecule is CCOc1nc(-c2cnc(N)nc2NC(C)c2nc3cccc(Cl)c3c(=O)n2-c2ccccc2)cs1. The zero-order valence-corrected chi connectivity index (χ0v) is 21.0. The molecule has 0 fully saturated rings. The number of nitrogen functional groups attached to an aromatic ring is 1. The van der Waals surface area contributed by atoms with Crippen LogP contribution in [0.15, 0.2) is 64.9 Å². The molecule has 0 aliphatic rings. The molecule has 3 aromatic heterocycles. The Bertz CT molecular complexity index is 1600. The Hall–Kier alpha value is -4.02. The van der Waals surface area contributed by atoms with Gasteiger partial charge in [0.1, 0.15) is 11.6 Å². The highest BCUT2D eigenvalue weighted by atomic mass is 35.5. The monoisotopic (exact) mass is 519 g/mol. The van der Waals surface area contributed by atoms with Gasteiger partial charge < -0.3 is 15.8 Å². The summed E-state index contributed by atoms with van der Waals surface area (Å²) in [6, 6.07) is 14.1. The summed E-state index contributed by atoms with van der Waals surface area (Å²) in [7, 11) is 0. The van der Waals surface area contributed by atoms with Crippen molar-refractivity contribution >= 4 is 45.6 Å². The van der Waals surface area contributed by atoms with Crippen molar-refractivity contribution in [3.05, 3.63) is 81.3 Å². The molecule has 36 heavy (non-hydrogen) atoms. The maximum absolute atomic E-state index is 13.7. The van der Waals surface area contributed by atoms with Gasteiger partial charge in [0.2, 0.25) is 5.95 Å².